The van der Waals surface area contributed by atoms with Crippen LogP contribution < -0.4 is 10.2 Å². The topological polar surface area (TPSA) is 50.7 Å². The van der Waals surface area contributed by atoms with Crippen molar-refractivity contribution in [2.75, 3.05) is 6.61 Å². The van der Waals surface area contributed by atoms with E-state index in [1.54, 1.807) is 18.3 Å². The molecule has 1 N–H and O–H groups in total. The summed E-state index contributed by atoms with van der Waals surface area (Å²) >= 11 is 3.34. The summed E-state index contributed by atoms with van der Waals surface area (Å²) in [5, 5.41) is 3.89. The molecular weight excluding hydrogens is 332 g/mol. The lowest BCUT2D eigenvalue weighted by atomic mass is 10.2. The number of nitrogens with zero attached hydrogens (tertiary/aromatic N) is 1. The number of halogens is 1. The van der Waals surface area contributed by atoms with E-state index in [9.17, 15) is 4.79 Å². The fourth-order valence-electron chi connectivity index (χ4n) is 1.57. The number of nitrogens with one attached hydrogen (secondary N) is 1. The lowest BCUT2D eigenvalue weighted by Crippen LogP contribution is -2.24. The summed E-state index contributed by atoms with van der Waals surface area (Å²) in [5.41, 5.74) is 4.53. The number of aryl methyl sites for hydroxylation is 1. The number of rotatable bonds is 5. The van der Waals surface area contributed by atoms with Crippen LogP contribution in [0.15, 0.2) is 58.1 Å². The van der Waals surface area contributed by atoms with Crippen LogP contribution >= 0.6 is 15.9 Å². The molecule has 108 valence electrons. The normalized spacial score (nSPS) is 10.6. The van der Waals surface area contributed by atoms with E-state index in [2.05, 4.69) is 26.5 Å². The summed E-state index contributed by atoms with van der Waals surface area (Å²) in [6.45, 7) is 1.93. The van der Waals surface area contributed by atoms with Crippen molar-refractivity contribution in [1.82, 2.24) is 5.43 Å². The van der Waals surface area contributed by atoms with Crippen molar-refractivity contribution in [3.05, 3.63) is 64.1 Å². The molecule has 0 aliphatic heterocycles. The third-order valence-electron chi connectivity index (χ3n) is 2.65. The van der Waals surface area contributed by atoms with Crippen molar-refractivity contribution in [2.45, 2.75) is 6.92 Å². The smallest absolute Gasteiger partial charge is 0.277 e. The molecule has 2 aromatic carbocycles. The number of carbonyl (C=O) groups excluding carboxylic acids is 1. The van der Waals surface area contributed by atoms with Crippen molar-refractivity contribution < 1.29 is 9.53 Å². The molecule has 0 aliphatic carbocycles. The summed E-state index contributed by atoms with van der Waals surface area (Å²) in [7, 11) is 0. The molecule has 2 rings (SSSR count). The average Bonchev–Trinajstić information content (AvgIpc) is 2.47. The Morgan fingerprint density at radius 2 is 2.05 bits per heavy atom. The highest BCUT2D eigenvalue weighted by molar-refractivity contribution is 9.10. The van der Waals surface area contributed by atoms with Crippen LogP contribution in [0.3, 0.4) is 0 Å². The van der Waals surface area contributed by atoms with Crippen LogP contribution in [0.2, 0.25) is 0 Å². The number of ether oxygens (including phenoxy) is 1. The largest absolute Gasteiger partial charge is 0.484 e. The molecule has 0 bridgehead atoms. The number of hydrogen-bond acceptors (Lipinski definition) is 3. The molecule has 0 unspecified atom stereocenters. The summed E-state index contributed by atoms with van der Waals surface area (Å²) in [4.78, 5) is 11.6. The van der Waals surface area contributed by atoms with Crippen molar-refractivity contribution in [3.8, 4) is 5.75 Å². The Hall–Kier alpha value is -2.14. The number of benzene rings is 2. The summed E-state index contributed by atoms with van der Waals surface area (Å²) < 4.78 is 6.25. The summed E-state index contributed by atoms with van der Waals surface area (Å²) in [6, 6.07) is 15.1. The van der Waals surface area contributed by atoms with E-state index < -0.39 is 0 Å². The van der Waals surface area contributed by atoms with Gasteiger partial charge in [-0.15, -0.1) is 0 Å². The van der Waals surface area contributed by atoms with Gasteiger partial charge < -0.3 is 4.74 Å². The first-order chi connectivity index (χ1) is 10.1. The number of hydrazone groups is 1. The van der Waals surface area contributed by atoms with E-state index in [0.717, 1.165) is 10.0 Å². The molecule has 4 nitrogen and oxygen atoms in total. The van der Waals surface area contributed by atoms with Crippen LogP contribution in [0, 0.1) is 6.92 Å². The Kier molecular flexibility index (Phi) is 5.51. The van der Waals surface area contributed by atoms with Crippen molar-refractivity contribution >= 4 is 28.1 Å². The molecule has 0 saturated carbocycles. The van der Waals surface area contributed by atoms with Gasteiger partial charge in [-0.2, -0.15) is 5.10 Å². The Morgan fingerprint density at radius 1 is 1.29 bits per heavy atom. The molecule has 0 fully saturated rings. The first-order valence-corrected chi connectivity index (χ1v) is 7.20. The van der Waals surface area contributed by atoms with Gasteiger partial charge in [0.2, 0.25) is 0 Å². The average molecular weight is 347 g/mol. The minimum absolute atomic E-state index is 0.0817. The molecule has 0 radical (unpaired) electrons. The SMILES string of the molecule is Cc1ccc(/C=N\NC(=O)COc2cccc(Br)c2)cc1. The number of amides is 1. The molecule has 0 saturated heterocycles. The van der Waals surface area contributed by atoms with Crippen LogP contribution in [0.4, 0.5) is 0 Å². The third kappa shape index (κ3) is 5.39. The van der Waals surface area contributed by atoms with Crippen LogP contribution in [0.25, 0.3) is 0 Å². The van der Waals surface area contributed by atoms with E-state index in [0.29, 0.717) is 5.75 Å². The Morgan fingerprint density at radius 3 is 2.76 bits per heavy atom. The van der Waals surface area contributed by atoms with E-state index in [-0.39, 0.29) is 12.5 Å². The number of carbonyl (C=O) groups is 1. The van der Waals surface area contributed by atoms with Gasteiger partial charge in [0.25, 0.3) is 5.91 Å². The molecule has 0 aliphatic rings. The van der Waals surface area contributed by atoms with E-state index in [1.807, 2.05) is 43.3 Å². The van der Waals surface area contributed by atoms with Gasteiger partial charge in [-0.3, -0.25) is 4.79 Å². The van der Waals surface area contributed by atoms with Crippen LogP contribution in [-0.4, -0.2) is 18.7 Å². The Bertz CT molecular complexity index is 639. The lowest BCUT2D eigenvalue weighted by molar-refractivity contribution is -0.123. The van der Waals surface area contributed by atoms with Gasteiger partial charge in [-0.1, -0.05) is 51.8 Å². The van der Waals surface area contributed by atoms with Gasteiger partial charge in [0.1, 0.15) is 5.75 Å². The highest BCUT2D eigenvalue weighted by Gasteiger charge is 2.01. The van der Waals surface area contributed by atoms with Gasteiger partial charge in [0.05, 0.1) is 6.21 Å². The van der Waals surface area contributed by atoms with Crippen LogP contribution in [-0.2, 0) is 4.79 Å². The van der Waals surface area contributed by atoms with Gasteiger partial charge in [0, 0.05) is 4.47 Å². The molecular formula is C16H15BrN2O2. The van der Waals surface area contributed by atoms with Gasteiger partial charge in [-0.05, 0) is 30.7 Å². The highest BCUT2D eigenvalue weighted by Crippen LogP contribution is 2.17. The molecule has 2 aromatic rings. The fraction of sp³-hybridized carbons (Fsp3) is 0.125. The molecule has 0 atom stereocenters. The minimum Gasteiger partial charge on any atom is -0.484 e. The van der Waals surface area contributed by atoms with Gasteiger partial charge in [0.15, 0.2) is 6.61 Å². The second-order valence-corrected chi connectivity index (χ2v) is 5.37. The minimum atomic E-state index is -0.307. The number of hydrogen-bond donors (Lipinski definition) is 1. The lowest BCUT2D eigenvalue weighted by Gasteiger charge is -2.05. The first kappa shape index (κ1) is 15.3. The molecule has 21 heavy (non-hydrogen) atoms. The maximum absolute atomic E-state index is 11.6. The quantitative estimate of drug-likeness (QED) is 0.667. The predicted molar refractivity (Wildman–Crippen MR) is 86.6 cm³/mol. The monoisotopic (exact) mass is 346 g/mol. The first-order valence-electron chi connectivity index (χ1n) is 6.40. The zero-order valence-corrected chi connectivity index (χ0v) is 13.1. The fourth-order valence-corrected chi connectivity index (χ4v) is 1.95. The summed E-state index contributed by atoms with van der Waals surface area (Å²) in [6.07, 6.45) is 1.59. The van der Waals surface area contributed by atoms with Gasteiger partial charge in [-0.25, -0.2) is 5.43 Å². The second kappa shape index (κ2) is 7.59. The predicted octanol–water partition coefficient (Wildman–Crippen LogP) is 3.29. The molecule has 5 heteroatoms. The standard InChI is InChI=1S/C16H15BrN2O2/c1-12-5-7-13(8-6-12)10-18-19-16(20)11-21-15-4-2-3-14(17)9-15/h2-10H,11H2,1H3,(H,19,20)/b18-10-. The van der Waals surface area contributed by atoms with E-state index in [1.165, 1.54) is 5.56 Å². The zero-order chi connectivity index (χ0) is 15.1. The van der Waals surface area contributed by atoms with Crippen molar-refractivity contribution in [2.24, 2.45) is 5.10 Å². The molecule has 0 aromatic heterocycles. The van der Waals surface area contributed by atoms with Crippen molar-refractivity contribution in [1.29, 1.82) is 0 Å². The zero-order valence-electron chi connectivity index (χ0n) is 11.5. The van der Waals surface area contributed by atoms with E-state index >= 15 is 0 Å². The van der Waals surface area contributed by atoms with Crippen LogP contribution in [0.1, 0.15) is 11.1 Å². The Labute approximate surface area is 132 Å². The molecule has 0 spiro atoms. The van der Waals surface area contributed by atoms with Crippen LogP contribution in [0.5, 0.6) is 5.75 Å². The van der Waals surface area contributed by atoms with E-state index in [4.69, 9.17) is 4.74 Å². The maximum atomic E-state index is 11.6. The van der Waals surface area contributed by atoms with Crippen molar-refractivity contribution in [3.63, 3.8) is 0 Å². The second-order valence-electron chi connectivity index (χ2n) is 4.45. The molecule has 0 heterocycles. The highest BCUT2D eigenvalue weighted by atomic mass is 79.9. The maximum Gasteiger partial charge on any atom is 0.277 e. The molecule has 1 amide bonds. The summed E-state index contributed by atoms with van der Waals surface area (Å²) in [5.74, 6) is 0.320. The van der Waals surface area contributed by atoms with Gasteiger partial charge >= 0.3 is 0 Å². The third-order valence-corrected chi connectivity index (χ3v) is 3.14. The Balaban J connectivity index is 1.78.